The van der Waals surface area contributed by atoms with Gasteiger partial charge in [-0.15, -0.1) is 24.5 Å². The Morgan fingerprint density at radius 1 is 1.03 bits per heavy atom. The summed E-state index contributed by atoms with van der Waals surface area (Å²) < 4.78 is 67.6. The molecule has 10 heteroatoms. The van der Waals surface area contributed by atoms with Gasteiger partial charge in [-0.25, -0.2) is 13.4 Å². The van der Waals surface area contributed by atoms with E-state index in [0.717, 1.165) is 41.2 Å². The number of alkyl halides is 3. The van der Waals surface area contributed by atoms with Crippen LogP contribution in [0, 0.1) is 0 Å². The lowest BCUT2D eigenvalue weighted by Crippen LogP contribution is -2.17. The van der Waals surface area contributed by atoms with Crippen LogP contribution >= 0.6 is 11.3 Å². The Bertz CT molecular complexity index is 1080. The van der Waals surface area contributed by atoms with Crippen LogP contribution in [0.25, 0.3) is 11.3 Å². The van der Waals surface area contributed by atoms with Gasteiger partial charge in [0, 0.05) is 10.9 Å². The Balaban J connectivity index is 1.74. The molecule has 1 heterocycles. The second-order valence-electron chi connectivity index (χ2n) is 6.44. The summed E-state index contributed by atoms with van der Waals surface area (Å²) in [6, 6.07) is 11.8. The Morgan fingerprint density at radius 2 is 1.66 bits per heavy atom. The van der Waals surface area contributed by atoms with E-state index in [4.69, 9.17) is 0 Å². The number of halogens is 3. The zero-order valence-electron chi connectivity index (χ0n) is 15.4. The van der Waals surface area contributed by atoms with Crippen LogP contribution in [-0.4, -0.2) is 19.8 Å². The molecule has 2 aromatic carbocycles. The van der Waals surface area contributed by atoms with E-state index in [1.54, 1.807) is 5.38 Å². The predicted molar refractivity (Wildman–Crippen MR) is 106 cm³/mol. The van der Waals surface area contributed by atoms with E-state index >= 15 is 0 Å². The zero-order valence-corrected chi connectivity index (χ0v) is 17.0. The molecule has 3 rings (SSSR count). The van der Waals surface area contributed by atoms with E-state index in [1.807, 2.05) is 24.3 Å². The molecule has 0 radical (unpaired) electrons. The first-order chi connectivity index (χ1) is 13.5. The molecule has 0 bridgehead atoms. The number of ether oxygens (including phenoxy) is 1. The van der Waals surface area contributed by atoms with Crippen LogP contribution in [0.3, 0.4) is 0 Å². The third-order valence-electron chi connectivity index (χ3n) is 3.97. The molecule has 154 valence electrons. The topological polar surface area (TPSA) is 68.3 Å². The number of sulfonamides is 1. The van der Waals surface area contributed by atoms with E-state index in [1.165, 1.54) is 5.56 Å². The summed E-state index contributed by atoms with van der Waals surface area (Å²) in [4.78, 5) is 4.08. The summed E-state index contributed by atoms with van der Waals surface area (Å²) >= 11 is 1.11. The molecule has 0 spiro atoms. The third kappa shape index (κ3) is 5.48. The molecule has 1 aromatic heterocycles. The third-order valence-corrected chi connectivity index (χ3v) is 6.21. The molecule has 0 aliphatic rings. The number of nitrogens with zero attached hydrogens (tertiary/aromatic N) is 1. The van der Waals surface area contributed by atoms with Gasteiger partial charge >= 0.3 is 6.36 Å². The summed E-state index contributed by atoms with van der Waals surface area (Å²) in [5, 5.41) is 1.88. The highest BCUT2D eigenvalue weighted by Crippen LogP contribution is 2.29. The number of nitrogens with one attached hydrogen (secondary N) is 1. The van der Waals surface area contributed by atoms with E-state index in [0.29, 0.717) is 11.6 Å². The maximum absolute atomic E-state index is 12.5. The van der Waals surface area contributed by atoms with Gasteiger partial charge in [0.25, 0.3) is 10.0 Å². The molecule has 1 N–H and O–H groups in total. The van der Waals surface area contributed by atoms with Gasteiger partial charge in [0.15, 0.2) is 5.13 Å². The highest BCUT2D eigenvalue weighted by Gasteiger charge is 2.31. The average Bonchev–Trinajstić information content (AvgIpc) is 3.08. The molecule has 0 fully saturated rings. The van der Waals surface area contributed by atoms with Gasteiger partial charge in [0.2, 0.25) is 0 Å². The molecule has 3 aromatic rings. The molecule has 5 nitrogen and oxygen atoms in total. The fourth-order valence-electron chi connectivity index (χ4n) is 2.49. The molecule has 29 heavy (non-hydrogen) atoms. The number of benzene rings is 2. The summed E-state index contributed by atoms with van der Waals surface area (Å²) in [7, 11) is -4.00. The van der Waals surface area contributed by atoms with Crippen molar-refractivity contribution in [3.63, 3.8) is 0 Å². The Labute approximate surface area is 170 Å². The quantitative estimate of drug-likeness (QED) is 0.537. The molecule has 0 aliphatic carbocycles. The van der Waals surface area contributed by atoms with Crippen LogP contribution in [0.2, 0.25) is 0 Å². The summed E-state index contributed by atoms with van der Waals surface area (Å²) in [6.07, 6.45) is -4.84. The molecule has 0 saturated carbocycles. The van der Waals surface area contributed by atoms with Crippen molar-refractivity contribution in [1.82, 2.24) is 4.98 Å². The van der Waals surface area contributed by atoms with Crippen LogP contribution < -0.4 is 9.46 Å². The number of rotatable bonds is 6. The van der Waals surface area contributed by atoms with Crippen molar-refractivity contribution >= 4 is 26.5 Å². The van der Waals surface area contributed by atoms with Crippen molar-refractivity contribution in [2.75, 3.05) is 4.72 Å². The fourth-order valence-corrected chi connectivity index (χ4v) is 4.46. The van der Waals surface area contributed by atoms with Crippen LogP contribution in [0.15, 0.2) is 58.8 Å². The minimum absolute atomic E-state index is 0.156. The lowest BCUT2D eigenvalue weighted by atomic mass is 10.0. The van der Waals surface area contributed by atoms with Crippen molar-refractivity contribution < 1.29 is 26.3 Å². The number of aromatic nitrogens is 1. The standard InChI is InChI=1S/C19H17F3N2O3S2/c1-12(2)13-3-5-14(6-4-13)17-11-28-18(23-17)24-29(25,26)16-9-7-15(8-10-16)27-19(20,21)22/h3-12H,1-2H3,(H,23,24). The Hall–Kier alpha value is -2.59. The molecule has 0 saturated heterocycles. The maximum Gasteiger partial charge on any atom is 0.573 e. The first-order valence-corrected chi connectivity index (χ1v) is 10.8. The average molecular weight is 442 g/mol. The van der Waals surface area contributed by atoms with Crippen LogP contribution in [0.1, 0.15) is 25.3 Å². The van der Waals surface area contributed by atoms with Gasteiger partial charge in [0.1, 0.15) is 5.75 Å². The van der Waals surface area contributed by atoms with Crippen molar-refractivity contribution in [3.05, 3.63) is 59.5 Å². The lowest BCUT2D eigenvalue weighted by molar-refractivity contribution is -0.274. The number of thiazole rings is 1. The molecule has 0 aliphatic heterocycles. The van der Waals surface area contributed by atoms with Crippen LogP contribution in [-0.2, 0) is 10.0 Å². The van der Waals surface area contributed by atoms with Crippen LogP contribution in [0.4, 0.5) is 18.3 Å². The first kappa shape index (κ1) is 21.1. The van der Waals surface area contributed by atoms with Crippen molar-refractivity contribution in [1.29, 1.82) is 0 Å². The van der Waals surface area contributed by atoms with E-state index < -0.39 is 22.1 Å². The lowest BCUT2D eigenvalue weighted by Gasteiger charge is -2.09. The number of hydrogen-bond donors (Lipinski definition) is 1. The van der Waals surface area contributed by atoms with E-state index in [9.17, 15) is 21.6 Å². The van der Waals surface area contributed by atoms with Gasteiger partial charge in [-0.3, -0.25) is 4.72 Å². The second-order valence-corrected chi connectivity index (χ2v) is 8.98. The van der Waals surface area contributed by atoms with E-state index in [-0.39, 0.29) is 10.0 Å². The summed E-state index contributed by atoms with van der Waals surface area (Å²) in [6.45, 7) is 4.18. The van der Waals surface area contributed by atoms with Gasteiger partial charge in [-0.2, -0.15) is 0 Å². The first-order valence-electron chi connectivity index (χ1n) is 8.48. The molecular weight excluding hydrogens is 425 g/mol. The zero-order chi connectivity index (χ0) is 21.2. The second kappa shape index (κ2) is 8.03. The Morgan fingerprint density at radius 3 is 2.21 bits per heavy atom. The highest BCUT2D eigenvalue weighted by molar-refractivity contribution is 7.93. The predicted octanol–water partition coefficient (Wildman–Crippen LogP) is 5.63. The van der Waals surface area contributed by atoms with Gasteiger partial charge in [-0.05, 0) is 35.7 Å². The number of anilines is 1. The van der Waals surface area contributed by atoms with E-state index in [2.05, 4.69) is 28.3 Å². The molecule has 0 atom stereocenters. The van der Waals surface area contributed by atoms with Crippen molar-refractivity contribution in [2.24, 2.45) is 0 Å². The van der Waals surface area contributed by atoms with Crippen molar-refractivity contribution in [2.45, 2.75) is 31.0 Å². The van der Waals surface area contributed by atoms with Crippen molar-refractivity contribution in [3.8, 4) is 17.0 Å². The highest BCUT2D eigenvalue weighted by atomic mass is 32.2. The maximum atomic E-state index is 12.5. The fraction of sp³-hybridized carbons (Fsp3) is 0.211. The monoisotopic (exact) mass is 442 g/mol. The summed E-state index contributed by atoms with van der Waals surface area (Å²) in [5.74, 6) is -0.104. The van der Waals surface area contributed by atoms with Crippen LogP contribution in [0.5, 0.6) is 5.75 Å². The van der Waals surface area contributed by atoms with Gasteiger partial charge < -0.3 is 4.74 Å². The number of hydrogen-bond acceptors (Lipinski definition) is 5. The molecule has 0 amide bonds. The normalized spacial score (nSPS) is 12.2. The van der Waals surface area contributed by atoms with Gasteiger partial charge in [-0.1, -0.05) is 38.1 Å². The Kier molecular flexibility index (Phi) is 5.85. The summed E-state index contributed by atoms with van der Waals surface area (Å²) in [5.41, 5.74) is 2.66. The SMILES string of the molecule is CC(C)c1ccc(-c2csc(NS(=O)(=O)c3ccc(OC(F)(F)F)cc3)n2)cc1. The largest absolute Gasteiger partial charge is 0.573 e. The minimum atomic E-state index is -4.84. The smallest absolute Gasteiger partial charge is 0.406 e. The molecular formula is C19H17F3N2O3S2. The minimum Gasteiger partial charge on any atom is -0.406 e. The molecule has 0 unspecified atom stereocenters. The van der Waals surface area contributed by atoms with Gasteiger partial charge in [0.05, 0.1) is 10.6 Å².